The molecule has 0 aromatic carbocycles. The Morgan fingerprint density at radius 3 is 2.24 bits per heavy atom. The summed E-state index contributed by atoms with van der Waals surface area (Å²) in [6, 6.07) is -0.822. The molecule has 0 saturated carbocycles. The van der Waals surface area contributed by atoms with Gasteiger partial charge in [0.25, 0.3) is 0 Å². The fourth-order valence-electron chi connectivity index (χ4n) is 1.20. The summed E-state index contributed by atoms with van der Waals surface area (Å²) < 4.78 is 0. The summed E-state index contributed by atoms with van der Waals surface area (Å²) in [5.74, 6) is 0.558. The molecule has 1 atom stereocenters. The standard InChI is InChI=1S/C11H24N4O2/c1-8(2)4-5-14-10(16)9(3)13-6-7-15-11(12)17/h8-9,13H,4-7H2,1-3H3,(H,14,16)(H3,12,15,17). The highest BCUT2D eigenvalue weighted by atomic mass is 16.2. The van der Waals surface area contributed by atoms with Crippen LogP contribution in [0.25, 0.3) is 0 Å². The summed E-state index contributed by atoms with van der Waals surface area (Å²) in [6.07, 6.45) is 0.974. The van der Waals surface area contributed by atoms with Gasteiger partial charge in [0.1, 0.15) is 0 Å². The molecule has 17 heavy (non-hydrogen) atoms. The quantitative estimate of drug-likeness (QED) is 0.445. The van der Waals surface area contributed by atoms with E-state index in [9.17, 15) is 9.59 Å². The van der Waals surface area contributed by atoms with Crippen LogP contribution in [0.4, 0.5) is 4.79 Å². The fourth-order valence-corrected chi connectivity index (χ4v) is 1.20. The first kappa shape index (κ1) is 15.7. The summed E-state index contributed by atoms with van der Waals surface area (Å²) in [4.78, 5) is 22.0. The van der Waals surface area contributed by atoms with Gasteiger partial charge in [-0.05, 0) is 19.3 Å². The van der Waals surface area contributed by atoms with E-state index in [2.05, 4.69) is 29.8 Å². The van der Waals surface area contributed by atoms with E-state index in [0.717, 1.165) is 6.42 Å². The van der Waals surface area contributed by atoms with Gasteiger partial charge in [-0.2, -0.15) is 0 Å². The first-order chi connectivity index (χ1) is 7.93. The molecule has 0 aliphatic rings. The van der Waals surface area contributed by atoms with E-state index in [1.54, 1.807) is 6.92 Å². The highest BCUT2D eigenvalue weighted by Gasteiger charge is 2.10. The molecule has 3 amide bonds. The van der Waals surface area contributed by atoms with Crippen molar-refractivity contribution in [1.82, 2.24) is 16.0 Å². The van der Waals surface area contributed by atoms with Crippen LogP contribution in [0.3, 0.4) is 0 Å². The summed E-state index contributed by atoms with van der Waals surface area (Å²) in [6.45, 7) is 7.64. The maximum Gasteiger partial charge on any atom is 0.312 e. The van der Waals surface area contributed by atoms with Gasteiger partial charge in [-0.3, -0.25) is 4.79 Å². The minimum atomic E-state index is -0.555. The zero-order valence-corrected chi connectivity index (χ0v) is 10.9. The lowest BCUT2D eigenvalue weighted by Crippen LogP contribution is -2.45. The number of carbonyl (C=O) groups is 2. The van der Waals surface area contributed by atoms with Gasteiger partial charge in [0.05, 0.1) is 6.04 Å². The molecule has 0 radical (unpaired) electrons. The van der Waals surface area contributed by atoms with Gasteiger partial charge in [0, 0.05) is 19.6 Å². The van der Waals surface area contributed by atoms with Crippen molar-refractivity contribution < 1.29 is 9.59 Å². The number of hydrogen-bond acceptors (Lipinski definition) is 3. The van der Waals surface area contributed by atoms with Gasteiger partial charge >= 0.3 is 6.03 Å². The first-order valence-electron chi connectivity index (χ1n) is 5.98. The molecule has 6 nitrogen and oxygen atoms in total. The molecule has 1 unspecified atom stereocenters. The van der Waals surface area contributed by atoms with Crippen molar-refractivity contribution in [3.8, 4) is 0 Å². The monoisotopic (exact) mass is 244 g/mol. The predicted octanol–water partition coefficient (Wildman–Crippen LogP) is -0.205. The molecule has 0 aliphatic carbocycles. The number of amides is 3. The Labute approximate surface area is 103 Å². The molecular weight excluding hydrogens is 220 g/mol. The average Bonchev–Trinajstić information content (AvgIpc) is 2.23. The molecule has 0 aliphatic heterocycles. The fraction of sp³-hybridized carbons (Fsp3) is 0.818. The van der Waals surface area contributed by atoms with Crippen LogP contribution in [0, 0.1) is 5.92 Å². The molecular formula is C11H24N4O2. The van der Waals surface area contributed by atoms with Crippen LogP contribution in [0.2, 0.25) is 0 Å². The number of rotatable bonds is 8. The van der Waals surface area contributed by atoms with Crippen molar-refractivity contribution in [1.29, 1.82) is 0 Å². The van der Waals surface area contributed by atoms with E-state index >= 15 is 0 Å². The summed E-state index contributed by atoms with van der Waals surface area (Å²) >= 11 is 0. The van der Waals surface area contributed by atoms with Crippen LogP contribution in [0.15, 0.2) is 0 Å². The number of primary amides is 1. The third-order valence-electron chi connectivity index (χ3n) is 2.29. The maximum absolute atomic E-state index is 11.6. The van der Waals surface area contributed by atoms with Crippen molar-refractivity contribution in [2.45, 2.75) is 33.2 Å². The lowest BCUT2D eigenvalue weighted by Gasteiger charge is -2.14. The van der Waals surface area contributed by atoms with Gasteiger partial charge in [-0.15, -0.1) is 0 Å². The van der Waals surface area contributed by atoms with E-state index in [1.807, 2.05) is 0 Å². The summed E-state index contributed by atoms with van der Waals surface area (Å²) in [5, 5.41) is 8.29. The third-order valence-corrected chi connectivity index (χ3v) is 2.29. The lowest BCUT2D eigenvalue weighted by atomic mass is 10.1. The Bertz CT molecular complexity index is 244. The van der Waals surface area contributed by atoms with Crippen LogP contribution in [0.1, 0.15) is 27.2 Å². The van der Waals surface area contributed by atoms with E-state index in [1.165, 1.54) is 0 Å². The normalized spacial score (nSPS) is 12.2. The molecule has 6 heteroatoms. The molecule has 0 aromatic heterocycles. The van der Waals surface area contributed by atoms with Crippen LogP contribution >= 0.6 is 0 Å². The Balaban J connectivity index is 3.57. The SMILES string of the molecule is CC(C)CCNC(=O)C(C)NCCNC(N)=O. The highest BCUT2D eigenvalue weighted by Crippen LogP contribution is 1.96. The van der Waals surface area contributed by atoms with E-state index < -0.39 is 6.03 Å². The Morgan fingerprint density at radius 2 is 1.71 bits per heavy atom. The van der Waals surface area contributed by atoms with Gasteiger partial charge in [0.15, 0.2) is 0 Å². The average molecular weight is 244 g/mol. The summed E-state index contributed by atoms with van der Waals surface area (Å²) in [5.41, 5.74) is 4.91. The Kier molecular flexibility index (Phi) is 8.13. The van der Waals surface area contributed by atoms with Crippen molar-refractivity contribution in [2.75, 3.05) is 19.6 Å². The van der Waals surface area contributed by atoms with Gasteiger partial charge in [0.2, 0.25) is 5.91 Å². The maximum atomic E-state index is 11.6. The van der Waals surface area contributed by atoms with Crippen LogP contribution < -0.4 is 21.7 Å². The van der Waals surface area contributed by atoms with E-state index in [0.29, 0.717) is 25.6 Å². The number of hydrogen-bond donors (Lipinski definition) is 4. The van der Waals surface area contributed by atoms with Crippen LogP contribution in [-0.4, -0.2) is 37.6 Å². The predicted molar refractivity (Wildman–Crippen MR) is 67.5 cm³/mol. The molecule has 100 valence electrons. The zero-order chi connectivity index (χ0) is 13.3. The number of nitrogens with two attached hydrogens (primary N) is 1. The van der Waals surface area contributed by atoms with Gasteiger partial charge < -0.3 is 21.7 Å². The number of nitrogens with one attached hydrogen (secondary N) is 3. The molecule has 0 fully saturated rings. The van der Waals surface area contributed by atoms with Crippen molar-refractivity contribution in [2.24, 2.45) is 11.7 Å². The van der Waals surface area contributed by atoms with Gasteiger partial charge in [-0.25, -0.2) is 4.79 Å². The molecule has 5 N–H and O–H groups in total. The highest BCUT2D eigenvalue weighted by molar-refractivity contribution is 5.81. The molecule has 0 rings (SSSR count). The molecule has 0 aromatic rings. The molecule has 0 bridgehead atoms. The minimum Gasteiger partial charge on any atom is -0.355 e. The zero-order valence-electron chi connectivity index (χ0n) is 10.9. The van der Waals surface area contributed by atoms with Crippen molar-refractivity contribution in [3.05, 3.63) is 0 Å². The topological polar surface area (TPSA) is 96.2 Å². The second kappa shape index (κ2) is 8.81. The number of urea groups is 1. The first-order valence-corrected chi connectivity index (χ1v) is 5.98. The third kappa shape index (κ3) is 9.62. The van der Waals surface area contributed by atoms with Crippen molar-refractivity contribution in [3.63, 3.8) is 0 Å². The molecule has 0 heterocycles. The number of carbonyl (C=O) groups excluding carboxylic acids is 2. The second-order valence-corrected chi connectivity index (χ2v) is 4.44. The van der Waals surface area contributed by atoms with Crippen LogP contribution in [-0.2, 0) is 4.79 Å². The second-order valence-electron chi connectivity index (χ2n) is 4.44. The Morgan fingerprint density at radius 1 is 1.06 bits per heavy atom. The molecule has 0 spiro atoms. The van der Waals surface area contributed by atoms with Crippen molar-refractivity contribution >= 4 is 11.9 Å². The lowest BCUT2D eigenvalue weighted by molar-refractivity contribution is -0.122. The molecule has 0 saturated heterocycles. The minimum absolute atomic E-state index is 0.0234. The Hall–Kier alpha value is -1.30. The summed E-state index contributed by atoms with van der Waals surface area (Å²) in [7, 11) is 0. The largest absolute Gasteiger partial charge is 0.355 e. The van der Waals surface area contributed by atoms with Crippen LogP contribution in [0.5, 0.6) is 0 Å². The van der Waals surface area contributed by atoms with E-state index in [-0.39, 0.29) is 11.9 Å². The smallest absolute Gasteiger partial charge is 0.312 e. The van der Waals surface area contributed by atoms with Gasteiger partial charge in [-0.1, -0.05) is 13.8 Å². The van der Waals surface area contributed by atoms with E-state index in [4.69, 9.17) is 5.73 Å².